The molecule has 4 aliphatic rings. The Labute approximate surface area is 203 Å². The van der Waals surface area contributed by atoms with Crippen LogP contribution in [-0.4, -0.2) is 45.9 Å². The standard InChI is InChI=1S/C28H40N4O2/c1-3-11-31(12-4-2)26(33)19-32-24-8-6-5-7-23(24)30-25(32)9-10-29-27(34)28-16-20-13-21(17-28)15-22(14-20)18-28/h5-8,20-22H,3-4,9-19H2,1-2H3,(H,29,34). The molecule has 2 aromatic rings. The van der Waals surface area contributed by atoms with Gasteiger partial charge in [-0.2, -0.15) is 0 Å². The Morgan fingerprint density at radius 3 is 2.26 bits per heavy atom. The van der Waals surface area contributed by atoms with Gasteiger partial charge in [0.05, 0.1) is 11.0 Å². The monoisotopic (exact) mass is 464 g/mol. The number of carbonyl (C=O) groups is 2. The summed E-state index contributed by atoms with van der Waals surface area (Å²) in [5, 5.41) is 3.29. The highest BCUT2D eigenvalue weighted by molar-refractivity contribution is 5.83. The third-order valence-electron chi connectivity index (χ3n) is 8.52. The number of hydrogen-bond donors (Lipinski definition) is 1. The number of hydrogen-bond acceptors (Lipinski definition) is 3. The summed E-state index contributed by atoms with van der Waals surface area (Å²) in [6, 6.07) is 8.03. The van der Waals surface area contributed by atoms with Gasteiger partial charge < -0.3 is 14.8 Å². The molecule has 0 unspecified atom stereocenters. The second-order valence-electron chi connectivity index (χ2n) is 11.2. The molecule has 1 aromatic heterocycles. The Kier molecular flexibility index (Phi) is 6.67. The minimum atomic E-state index is -0.119. The molecule has 6 nitrogen and oxygen atoms in total. The van der Waals surface area contributed by atoms with Crippen molar-refractivity contribution in [3.05, 3.63) is 30.1 Å². The van der Waals surface area contributed by atoms with Crippen molar-refractivity contribution in [1.82, 2.24) is 19.8 Å². The fraction of sp³-hybridized carbons (Fsp3) is 0.679. The van der Waals surface area contributed by atoms with Crippen LogP contribution in [0.2, 0.25) is 0 Å². The van der Waals surface area contributed by atoms with Gasteiger partial charge in [0.25, 0.3) is 0 Å². The molecule has 6 heteroatoms. The van der Waals surface area contributed by atoms with Gasteiger partial charge in [-0.3, -0.25) is 9.59 Å². The van der Waals surface area contributed by atoms with Gasteiger partial charge in [-0.05, 0) is 81.3 Å². The fourth-order valence-corrected chi connectivity index (χ4v) is 7.49. The first kappa shape index (κ1) is 23.4. The zero-order valence-electron chi connectivity index (χ0n) is 20.9. The molecule has 6 rings (SSSR count). The van der Waals surface area contributed by atoms with Crippen molar-refractivity contribution in [1.29, 1.82) is 0 Å². The first-order valence-electron chi connectivity index (χ1n) is 13.5. The number of carbonyl (C=O) groups excluding carboxylic acids is 2. The summed E-state index contributed by atoms with van der Waals surface area (Å²) in [6.45, 7) is 6.68. The molecule has 1 aromatic carbocycles. The minimum absolute atomic E-state index is 0.119. The lowest BCUT2D eigenvalue weighted by Gasteiger charge is -2.55. The van der Waals surface area contributed by atoms with Crippen molar-refractivity contribution >= 4 is 22.8 Å². The Hall–Kier alpha value is -2.37. The summed E-state index contributed by atoms with van der Waals surface area (Å²) in [4.78, 5) is 33.3. The maximum atomic E-state index is 13.4. The van der Waals surface area contributed by atoms with Crippen LogP contribution >= 0.6 is 0 Å². The molecule has 4 fully saturated rings. The zero-order valence-corrected chi connectivity index (χ0v) is 20.9. The number of imidazole rings is 1. The van der Waals surface area contributed by atoms with Gasteiger partial charge >= 0.3 is 0 Å². The van der Waals surface area contributed by atoms with Gasteiger partial charge in [0.1, 0.15) is 12.4 Å². The van der Waals surface area contributed by atoms with Crippen molar-refractivity contribution in [3.63, 3.8) is 0 Å². The molecule has 4 aliphatic carbocycles. The van der Waals surface area contributed by atoms with E-state index in [1.807, 2.05) is 29.2 Å². The molecule has 0 radical (unpaired) electrons. The number of rotatable bonds is 10. The van der Waals surface area contributed by atoms with Crippen molar-refractivity contribution < 1.29 is 9.59 Å². The SMILES string of the molecule is CCCN(CCC)C(=O)Cn1c(CCNC(=O)C23CC4CC(CC(C4)C2)C3)nc2ccccc21. The molecule has 0 aliphatic heterocycles. The quantitative estimate of drug-likeness (QED) is 0.560. The molecule has 0 saturated heterocycles. The van der Waals surface area contributed by atoms with Crippen LogP contribution in [0.15, 0.2) is 24.3 Å². The second-order valence-corrected chi connectivity index (χ2v) is 11.2. The summed E-state index contributed by atoms with van der Waals surface area (Å²) >= 11 is 0. The summed E-state index contributed by atoms with van der Waals surface area (Å²) in [5.41, 5.74) is 1.78. The van der Waals surface area contributed by atoms with Crippen molar-refractivity contribution in [2.45, 2.75) is 78.2 Å². The van der Waals surface area contributed by atoms with E-state index in [1.165, 1.54) is 19.3 Å². The maximum Gasteiger partial charge on any atom is 0.242 e. The molecular formula is C28H40N4O2. The Balaban J connectivity index is 1.27. The van der Waals surface area contributed by atoms with Crippen LogP contribution in [0.1, 0.15) is 71.0 Å². The zero-order chi connectivity index (χ0) is 23.7. The van der Waals surface area contributed by atoms with Crippen molar-refractivity contribution in [3.8, 4) is 0 Å². The Morgan fingerprint density at radius 1 is 1.03 bits per heavy atom. The highest BCUT2D eigenvalue weighted by Crippen LogP contribution is 2.60. The highest BCUT2D eigenvalue weighted by atomic mass is 16.2. The van der Waals surface area contributed by atoms with Gasteiger partial charge in [0.15, 0.2) is 0 Å². The van der Waals surface area contributed by atoms with Crippen LogP contribution < -0.4 is 5.32 Å². The molecule has 184 valence electrons. The lowest BCUT2D eigenvalue weighted by molar-refractivity contribution is -0.146. The topological polar surface area (TPSA) is 67.2 Å². The third-order valence-corrected chi connectivity index (χ3v) is 8.52. The predicted molar refractivity (Wildman–Crippen MR) is 134 cm³/mol. The van der Waals surface area contributed by atoms with E-state index in [1.54, 1.807) is 0 Å². The van der Waals surface area contributed by atoms with Crippen LogP contribution in [0.4, 0.5) is 0 Å². The molecule has 1 N–H and O–H groups in total. The average Bonchev–Trinajstić information content (AvgIpc) is 3.15. The molecule has 0 spiro atoms. The number of benzene rings is 1. The second kappa shape index (κ2) is 9.71. The smallest absolute Gasteiger partial charge is 0.242 e. The van der Waals surface area contributed by atoms with E-state index in [0.29, 0.717) is 19.5 Å². The first-order chi connectivity index (χ1) is 16.5. The molecule has 1 heterocycles. The van der Waals surface area contributed by atoms with E-state index < -0.39 is 0 Å². The molecular weight excluding hydrogens is 424 g/mol. The van der Waals surface area contributed by atoms with Crippen LogP contribution in [0.25, 0.3) is 11.0 Å². The van der Waals surface area contributed by atoms with Gasteiger partial charge in [-0.1, -0.05) is 26.0 Å². The van der Waals surface area contributed by atoms with E-state index in [4.69, 9.17) is 4.98 Å². The van der Waals surface area contributed by atoms with Crippen LogP contribution in [-0.2, 0) is 22.6 Å². The number of nitrogens with zero attached hydrogens (tertiary/aromatic N) is 3. The third kappa shape index (κ3) is 4.48. The van der Waals surface area contributed by atoms with Crippen LogP contribution in [0.5, 0.6) is 0 Å². The normalized spacial score (nSPS) is 27.3. The number of aromatic nitrogens is 2. The van der Waals surface area contributed by atoms with Crippen LogP contribution in [0, 0.1) is 23.2 Å². The summed E-state index contributed by atoms with van der Waals surface area (Å²) in [5.74, 6) is 3.59. The largest absolute Gasteiger partial charge is 0.355 e. The number of para-hydroxylation sites is 2. The summed E-state index contributed by atoms with van der Waals surface area (Å²) in [6.07, 6.45) is 9.85. The molecule has 34 heavy (non-hydrogen) atoms. The summed E-state index contributed by atoms with van der Waals surface area (Å²) < 4.78 is 2.06. The van der Waals surface area contributed by atoms with Gasteiger partial charge in [0.2, 0.25) is 11.8 Å². The maximum absolute atomic E-state index is 13.4. The average molecular weight is 465 g/mol. The number of fused-ring (bicyclic) bond motifs is 1. The highest BCUT2D eigenvalue weighted by Gasteiger charge is 2.54. The Morgan fingerprint density at radius 2 is 1.65 bits per heavy atom. The first-order valence-corrected chi connectivity index (χ1v) is 13.5. The van der Waals surface area contributed by atoms with E-state index in [-0.39, 0.29) is 17.2 Å². The lowest BCUT2D eigenvalue weighted by atomic mass is 9.49. The molecule has 2 amide bonds. The van der Waals surface area contributed by atoms with E-state index in [0.717, 1.165) is 79.8 Å². The van der Waals surface area contributed by atoms with Gasteiger partial charge in [-0.25, -0.2) is 4.98 Å². The summed E-state index contributed by atoms with van der Waals surface area (Å²) in [7, 11) is 0. The van der Waals surface area contributed by atoms with E-state index in [9.17, 15) is 9.59 Å². The van der Waals surface area contributed by atoms with Crippen molar-refractivity contribution in [2.24, 2.45) is 23.2 Å². The van der Waals surface area contributed by atoms with E-state index in [2.05, 4.69) is 23.7 Å². The predicted octanol–water partition coefficient (Wildman–Crippen LogP) is 4.56. The Bertz CT molecular complexity index is 1000. The fourth-order valence-electron chi connectivity index (χ4n) is 7.49. The minimum Gasteiger partial charge on any atom is -0.355 e. The molecule has 4 saturated carbocycles. The molecule has 4 bridgehead atoms. The van der Waals surface area contributed by atoms with Gasteiger partial charge in [-0.15, -0.1) is 0 Å². The number of amides is 2. The number of nitrogens with one attached hydrogen (secondary N) is 1. The lowest BCUT2D eigenvalue weighted by Crippen LogP contribution is -2.53. The van der Waals surface area contributed by atoms with Crippen molar-refractivity contribution in [2.75, 3.05) is 19.6 Å². The van der Waals surface area contributed by atoms with Crippen LogP contribution in [0.3, 0.4) is 0 Å². The molecule has 0 atom stereocenters. The van der Waals surface area contributed by atoms with E-state index >= 15 is 0 Å². The van der Waals surface area contributed by atoms with Gasteiger partial charge in [0, 0.05) is 31.5 Å².